The molecule has 1 aromatic rings. The van der Waals surface area contributed by atoms with E-state index < -0.39 is 0 Å². The third kappa shape index (κ3) is 4.73. The molecule has 0 saturated heterocycles. The molecule has 0 aliphatic heterocycles. The Balaban J connectivity index is 2.73. The monoisotopic (exact) mass is 285 g/mol. The zero-order valence-electron chi connectivity index (χ0n) is 11.4. The van der Waals surface area contributed by atoms with Gasteiger partial charge in [0.05, 0.1) is 26.2 Å². The van der Waals surface area contributed by atoms with E-state index in [1.807, 2.05) is 13.8 Å². The summed E-state index contributed by atoms with van der Waals surface area (Å²) in [7, 11) is 1.55. The smallest absolute Gasteiger partial charge is 0.224 e. The Morgan fingerprint density at radius 3 is 2.68 bits per heavy atom. The molecule has 1 amide bonds. The van der Waals surface area contributed by atoms with Gasteiger partial charge in [-0.15, -0.1) is 0 Å². The van der Waals surface area contributed by atoms with Crippen LogP contribution >= 0.6 is 11.6 Å². The fraction of sp³-hybridized carbons (Fsp3) is 0.500. The van der Waals surface area contributed by atoms with E-state index in [0.29, 0.717) is 10.8 Å². The predicted octanol–water partition coefficient (Wildman–Crippen LogP) is 2.02. The lowest BCUT2D eigenvalue weighted by Gasteiger charge is -2.20. The molecule has 19 heavy (non-hydrogen) atoms. The minimum Gasteiger partial charge on any atom is -0.496 e. The van der Waals surface area contributed by atoms with Gasteiger partial charge in [0, 0.05) is 10.6 Å². The highest BCUT2D eigenvalue weighted by Crippen LogP contribution is 2.23. The molecule has 2 N–H and O–H groups in total. The van der Waals surface area contributed by atoms with E-state index in [4.69, 9.17) is 16.3 Å². The van der Waals surface area contributed by atoms with Crippen LogP contribution < -0.4 is 10.1 Å². The van der Waals surface area contributed by atoms with Crippen LogP contribution in [0.15, 0.2) is 18.2 Å². The first-order chi connectivity index (χ1) is 8.97. The van der Waals surface area contributed by atoms with E-state index in [0.717, 1.165) is 5.56 Å². The molecule has 0 heterocycles. The van der Waals surface area contributed by atoms with Crippen LogP contribution in [0.1, 0.15) is 19.4 Å². The van der Waals surface area contributed by atoms with Gasteiger partial charge < -0.3 is 15.2 Å². The molecular formula is C14H20ClNO3. The summed E-state index contributed by atoms with van der Waals surface area (Å²) in [5.74, 6) is 0.646. The van der Waals surface area contributed by atoms with Gasteiger partial charge in [-0.2, -0.15) is 0 Å². The van der Waals surface area contributed by atoms with Gasteiger partial charge in [-0.3, -0.25) is 4.79 Å². The van der Waals surface area contributed by atoms with Gasteiger partial charge in [-0.05, 0) is 24.1 Å². The molecule has 1 atom stereocenters. The average molecular weight is 286 g/mol. The Morgan fingerprint density at radius 1 is 1.47 bits per heavy atom. The summed E-state index contributed by atoms with van der Waals surface area (Å²) in [6.45, 7) is 3.82. The van der Waals surface area contributed by atoms with Gasteiger partial charge in [0.15, 0.2) is 0 Å². The summed E-state index contributed by atoms with van der Waals surface area (Å²) in [6, 6.07) is 4.92. The van der Waals surface area contributed by atoms with Crippen molar-refractivity contribution in [1.29, 1.82) is 0 Å². The van der Waals surface area contributed by atoms with E-state index in [1.54, 1.807) is 25.3 Å². The highest BCUT2D eigenvalue weighted by molar-refractivity contribution is 6.30. The summed E-state index contributed by atoms with van der Waals surface area (Å²) in [5.41, 5.74) is 0.730. The van der Waals surface area contributed by atoms with Crippen molar-refractivity contribution in [1.82, 2.24) is 5.32 Å². The van der Waals surface area contributed by atoms with Crippen molar-refractivity contribution in [3.8, 4) is 5.75 Å². The normalized spacial score (nSPS) is 12.3. The van der Waals surface area contributed by atoms with Crippen molar-refractivity contribution >= 4 is 17.5 Å². The van der Waals surface area contributed by atoms with E-state index in [1.165, 1.54) is 0 Å². The molecule has 0 fully saturated rings. The number of rotatable bonds is 6. The third-order valence-corrected chi connectivity index (χ3v) is 3.18. The number of aliphatic hydroxyl groups excluding tert-OH is 1. The quantitative estimate of drug-likeness (QED) is 0.841. The fourth-order valence-electron chi connectivity index (χ4n) is 1.74. The molecule has 5 heteroatoms. The van der Waals surface area contributed by atoms with Crippen molar-refractivity contribution in [2.75, 3.05) is 13.7 Å². The fourth-order valence-corrected chi connectivity index (χ4v) is 1.93. The van der Waals surface area contributed by atoms with Crippen molar-refractivity contribution in [2.45, 2.75) is 26.3 Å². The second-order valence-corrected chi connectivity index (χ2v) is 5.17. The van der Waals surface area contributed by atoms with Gasteiger partial charge >= 0.3 is 0 Å². The lowest BCUT2D eigenvalue weighted by Crippen LogP contribution is -2.41. The number of methoxy groups -OCH3 is 1. The summed E-state index contributed by atoms with van der Waals surface area (Å²) in [6.07, 6.45) is 0.174. The van der Waals surface area contributed by atoms with Crippen LogP contribution in [0.3, 0.4) is 0 Å². The third-order valence-electron chi connectivity index (χ3n) is 2.94. The number of benzene rings is 1. The number of ether oxygens (including phenoxy) is 1. The van der Waals surface area contributed by atoms with Gasteiger partial charge in [0.2, 0.25) is 5.91 Å². The van der Waals surface area contributed by atoms with Crippen molar-refractivity contribution in [3.63, 3.8) is 0 Å². The first-order valence-corrected chi connectivity index (χ1v) is 6.58. The molecular weight excluding hydrogens is 266 g/mol. The summed E-state index contributed by atoms with van der Waals surface area (Å²) in [4.78, 5) is 11.9. The number of carbonyl (C=O) groups is 1. The standard InChI is InChI=1S/C14H20ClNO3/c1-9(2)12(8-17)16-14(18)7-10-6-11(15)4-5-13(10)19-3/h4-6,9,12,17H,7-8H2,1-3H3,(H,16,18). The molecule has 0 spiro atoms. The Bertz CT molecular complexity index is 435. The molecule has 0 radical (unpaired) electrons. The number of hydrogen-bond acceptors (Lipinski definition) is 3. The average Bonchev–Trinajstić information content (AvgIpc) is 2.35. The van der Waals surface area contributed by atoms with Crippen LogP contribution in [0.5, 0.6) is 5.75 Å². The maximum absolute atomic E-state index is 11.9. The molecule has 0 aromatic heterocycles. The SMILES string of the molecule is COc1ccc(Cl)cc1CC(=O)NC(CO)C(C)C. The van der Waals surface area contributed by atoms with Crippen LogP contribution in [0, 0.1) is 5.92 Å². The van der Waals surface area contributed by atoms with Gasteiger partial charge in [-0.25, -0.2) is 0 Å². The van der Waals surface area contributed by atoms with Crippen LogP contribution in [-0.2, 0) is 11.2 Å². The van der Waals surface area contributed by atoms with Gasteiger partial charge in [0.1, 0.15) is 5.75 Å². The molecule has 4 nitrogen and oxygen atoms in total. The molecule has 0 aliphatic rings. The largest absolute Gasteiger partial charge is 0.496 e. The Kier molecular flexibility index (Phi) is 6.12. The van der Waals surface area contributed by atoms with Crippen LogP contribution in [-0.4, -0.2) is 30.8 Å². The van der Waals surface area contributed by atoms with Crippen molar-refractivity contribution < 1.29 is 14.6 Å². The number of hydrogen-bond donors (Lipinski definition) is 2. The highest BCUT2D eigenvalue weighted by atomic mass is 35.5. The molecule has 0 saturated carbocycles. The molecule has 0 aliphatic carbocycles. The van der Waals surface area contributed by atoms with E-state index in [9.17, 15) is 9.90 Å². The van der Waals surface area contributed by atoms with E-state index in [-0.39, 0.29) is 30.9 Å². The minimum absolute atomic E-state index is 0.0733. The molecule has 0 bridgehead atoms. The Labute approximate surface area is 118 Å². The first kappa shape index (κ1) is 15.8. The van der Waals surface area contributed by atoms with E-state index >= 15 is 0 Å². The lowest BCUT2D eigenvalue weighted by molar-refractivity contribution is -0.121. The van der Waals surface area contributed by atoms with Gasteiger partial charge in [-0.1, -0.05) is 25.4 Å². The number of carbonyl (C=O) groups excluding carboxylic acids is 1. The summed E-state index contributed by atoms with van der Waals surface area (Å²) < 4.78 is 5.19. The van der Waals surface area contributed by atoms with Crippen molar-refractivity contribution in [3.05, 3.63) is 28.8 Å². The van der Waals surface area contributed by atoms with Crippen molar-refractivity contribution in [2.24, 2.45) is 5.92 Å². The number of halogens is 1. The Hall–Kier alpha value is -1.26. The van der Waals surface area contributed by atoms with Crippen LogP contribution in [0.2, 0.25) is 5.02 Å². The number of nitrogens with one attached hydrogen (secondary N) is 1. The topological polar surface area (TPSA) is 58.6 Å². The lowest BCUT2D eigenvalue weighted by atomic mass is 10.0. The Morgan fingerprint density at radius 2 is 2.16 bits per heavy atom. The van der Waals surface area contributed by atoms with Crippen LogP contribution in [0.25, 0.3) is 0 Å². The summed E-state index contributed by atoms with van der Waals surface area (Å²) in [5, 5.41) is 12.6. The number of aliphatic hydroxyl groups is 1. The minimum atomic E-state index is -0.238. The molecule has 1 rings (SSSR count). The zero-order chi connectivity index (χ0) is 14.4. The highest BCUT2D eigenvalue weighted by Gasteiger charge is 2.16. The molecule has 1 unspecified atom stereocenters. The van der Waals surface area contributed by atoms with Gasteiger partial charge in [0.25, 0.3) is 0 Å². The maximum atomic E-state index is 11.9. The predicted molar refractivity (Wildman–Crippen MR) is 75.6 cm³/mol. The zero-order valence-corrected chi connectivity index (χ0v) is 12.2. The maximum Gasteiger partial charge on any atom is 0.224 e. The molecule has 106 valence electrons. The second-order valence-electron chi connectivity index (χ2n) is 4.73. The first-order valence-electron chi connectivity index (χ1n) is 6.20. The van der Waals surface area contributed by atoms with Crippen LogP contribution in [0.4, 0.5) is 0 Å². The van der Waals surface area contributed by atoms with E-state index in [2.05, 4.69) is 5.32 Å². The second kappa shape index (κ2) is 7.36. The summed E-state index contributed by atoms with van der Waals surface area (Å²) >= 11 is 5.91. The molecule has 1 aromatic carbocycles. The number of amides is 1.